The van der Waals surface area contributed by atoms with Crippen molar-refractivity contribution in [3.05, 3.63) is 65.0 Å². The van der Waals surface area contributed by atoms with Gasteiger partial charge in [-0.2, -0.15) is 0 Å². The first kappa shape index (κ1) is 18.5. The monoisotopic (exact) mass is 371 g/mol. The van der Waals surface area contributed by atoms with E-state index in [4.69, 9.17) is 9.47 Å². The lowest BCUT2D eigenvalue weighted by molar-refractivity contribution is 0.104. The highest BCUT2D eigenvalue weighted by Crippen LogP contribution is 2.37. The molecular formula is C20H18FNO5. The van der Waals surface area contributed by atoms with E-state index in [-0.39, 0.29) is 28.6 Å². The number of carbonyl (C=O) groups excluding carboxylic acids is 1. The van der Waals surface area contributed by atoms with E-state index in [9.17, 15) is 19.4 Å². The second-order valence-corrected chi connectivity index (χ2v) is 5.85. The molecule has 0 spiro atoms. The van der Waals surface area contributed by atoms with Crippen LogP contribution in [0, 0.1) is 5.82 Å². The standard InChI is InChI=1S/C20H18FNO5/c1-26-17-8-13(9-18(27-2)19(17)24)16(23)6-4-12-7-11-3-5-14(21)10-15(11)22-20(12)25/h3-10,20,22,24-25H,1-2H3/b6-4+. The predicted octanol–water partition coefficient (Wildman–Crippen LogP) is 3.11. The number of ketones is 1. The van der Waals surface area contributed by atoms with E-state index in [1.807, 2.05) is 0 Å². The normalized spacial score (nSPS) is 15.7. The summed E-state index contributed by atoms with van der Waals surface area (Å²) in [7, 11) is 2.74. The first-order valence-electron chi connectivity index (χ1n) is 8.06. The van der Waals surface area contributed by atoms with Gasteiger partial charge in [-0.3, -0.25) is 4.79 Å². The third-order valence-electron chi connectivity index (χ3n) is 4.14. The minimum absolute atomic E-state index is 0.112. The first-order valence-corrected chi connectivity index (χ1v) is 8.06. The Hall–Kier alpha value is -3.32. The Morgan fingerprint density at radius 2 is 1.85 bits per heavy atom. The molecule has 7 heteroatoms. The number of benzene rings is 2. The molecule has 1 unspecified atom stereocenters. The maximum absolute atomic E-state index is 13.3. The van der Waals surface area contributed by atoms with Crippen molar-refractivity contribution in [1.82, 2.24) is 0 Å². The van der Waals surface area contributed by atoms with Crippen molar-refractivity contribution >= 4 is 17.5 Å². The number of hydrogen-bond acceptors (Lipinski definition) is 6. The quantitative estimate of drug-likeness (QED) is 0.553. The summed E-state index contributed by atoms with van der Waals surface area (Å²) in [5.74, 6) is -0.754. The van der Waals surface area contributed by atoms with Gasteiger partial charge in [0.1, 0.15) is 5.82 Å². The van der Waals surface area contributed by atoms with E-state index >= 15 is 0 Å². The number of fused-ring (bicyclic) bond motifs is 1. The van der Waals surface area contributed by atoms with Crippen LogP contribution in [0.3, 0.4) is 0 Å². The summed E-state index contributed by atoms with van der Waals surface area (Å²) >= 11 is 0. The van der Waals surface area contributed by atoms with Gasteiger partial charge in [-0.25, -0.2) is 4.39 Å². The van der Waals surface area contributed by atoms with Crippen LogP contribution in [-0.2, 0) is 0 Å². The molecule has 1 aliphatic heterocycles. The van der Waals surface area contributed by atoms with E-state index in [1.165, 1.54) is 50.6 Å². The van der Waals surface area contributed by atoms with Gasteiger partial charge in [0.05, 0.1) is 14.2 Å². The zero-order valence-corrected chi connectivity index (χ0v) is 14.7. The van der Waals surface area contributed by atoms with Crippen LogP contribution in [0.25, 0.3) is 6.08 Å². The number of aliphatic hydroxyl groups excluding tert-OH is 1. The molecule has 1 heterocycles. The number of nitrogens with one attached hydrogen (secondary N) is 1. The molecule has 0 radical (unpaired) electrons. The van der Waals surface area contributed by atoms with Crippen molar-refractivity contribution in [2.24, 2.45) is 0 Å². The fourth-order valence-electron chi connectivity index (χ4n) is 2.71. The van der Waals surface area contributed by atoms with Gasteiger partial charge in [-0.1, -0.05) is 6.08 Å². The second-order valence-electron chi connectivity index (χ2n) is 5.85. The maximum atomic E-state index is 13.3. The van der Waals surface area contributed by atoms with Crippen molar-refractivity contribution in [1.29, 1.82) is 0 Å². The largest absolute Gasteiger partial charge is 0.502 e. The number of halogens is 1. The SMILES string of the molecule is COc1cc(C(=O)/C=C/C2=Cc3ccc(F)cc3NC2O)cc(OC)c1O. The molecule has 0 aromatic heterocycles. The van der Waals surface area contributed by atoms with Crippen molar-refractivity contribution in [2.45, 2.75) is 6.23 Å². The average Bonchev–Trinajstić information content (AvgIpc) is 2.66. The molecule has 0 bridgehead atoms. The first-order chi connectivity index (χ1) is 12.9. The lowest BCUT2D eigenvalue weighted by atomic mass is 10.0. The molecule has 1 aliphatic rings. The number of allylic oxidation sites excluding steroid dienone is 1. The van der Waals surface area contributed by atoms with Crippen molar-refractivity contribution in [2.75, 3.05) is 19.5 Å². The molecular weight excluding hydrogens is 353 g/mol. The van der Waals surface area contributed by atoms with Crippen LogP contribution >= 0.6 is 0 Å². The number of ether oxygens (including phenoxy) is 2. The minimum atomic E-state index is -1.08. The number of carbonyl (C=O) groups is 1. The predicted molar refractivity (Wildman–Crippen MR) is 98.7 cm³/mol. The van der Waals surface area contributed by atoms with Gasteiger partial charge in [0.15, 0.2) is 23.5 Å². The van der Waals surface area contributed by atoms with Crippen LogP contribution in [0.1, 0.15) is 15.9 Å². The Labute approximate surface area is 155 Å². The van der Waals surface area contributed by atoms with E-state index < -0.39 is 12.0 Å². The zero-order valence-electron chi connectivity index (χ0n) is 14.7. The van der Waals surface area contributed by atoms with Gasteiger partial charge >= 0.3 is 0 Å². The Kier molecular flexibility index (Phi) is 5.14. The number of aromatic hydroxyl groups is 1. The summed E-state index contributed by atoms with van der Waals surface area (Å²) in [6.07, 6.45) is 3.35. The van der Waals surface area contributed by atoms with Gasteiger partial charge < -0.3 is 25.0 Å². The molecule has 6 nitrogen and oxygen atoms in total. The number of phenolic OH excluding ortho intramolecular Hbond substituents is 1. The van der Waals surface area contributed by atoms with Crippen LogP contribution in [0.15, 0.2) is 48.1 Å². The molecule has 2 aromatic carbocycles. The van der Waals surface area contributed by atoms with E-state index in [0.29, 0.717) is 16.8 Å². The Bertz CT molecular complexity index is 926. The number of aliphatic hydroxyl groups is 1. The number of rotatable bonds is 5. The second kappa shape index (κ2) is 7.51. The lowest BCUT2D eigenvalue weighted by Crippen LogP contribution is -2.24. The highest BCUT2D eigenvalue weighted by atomic mass is 19.1. The molecule has 0 aliphatic carbocycles. The van der Waals surface area contributed by atoms with Crippen molar-refractivity contribution in [3.8, 4) is 17.2 Å². The minimum Gasteiger partial charge on any atom is -0.502 e. The number of phenols is 1. The maximum Gasteiger partial charge on any atom is 0.200 e. The molecule has 0 saturated carbocycles. The number of anilines is 1. The Morgan fingerprint density at radius 1 is 1.19 bits per heavy atom. The highest BCUT2D eigenvalue weighted by Gasteiger charge is 2.18. The van der Waals surface area contributed by atoms with Gasteiger partial charge in [0.25, 0.3) is 0 Å². The Morgan fingerprint density at radius 3 is 2.48 bits per heavy atom. The summed E-state index contributed by atoms with van der Waals surface area (Å²) < 4.78 is 23.4. The van der Waals surface area contributed by atoms with E-state index in [0.717, 1.165) is 0 Å². The molecule has 2 aromatic rings. The molecule has 0 saturated heterocycles. The van der Waals surface area contributed by atoms with E-state index in [2.05, 4.69) is 5.32 Å². The van der Waals surface area contributed by atoms with E-state index in [1.54, 1.807) is 12.1 Å². The lowest BCUT2D eigenvalue weighted by Gasteiger charge is -2.22. The van der Waals surface area contributed by atoms with Gasteiger partial charge in [-0.05, 0) is 48.0 Å². The van der Waals surface area contributed by atoms with Crippen molar-refractivity contribution < 1.29 is 28.9 Å². The summed E-state index contributed by atoms with van der Waals surface area (Å²) in [5.41, 5.74) is 1.86. The topological polar surface area (TPSA) is 88.0 Å². The highest BCUT2D eigenvalue weighted by molar-refractivity contribution is 6.05. The van der Waals surface area contributed by atoms with Crippen LogP contribution in [0.4, 0.5) is 10.1 Å². The molecule has 0 amide bonds. The average molecular weight is 371 g/mol. The summed E-state index contributed by atoms with van der Waals surface area (Å²) in [6.45, 7) is 0. The molecule has 0 fully saturated rings. The smallest absolute Gasteiger partial charge is 0.200 e. The molecule has 140 valence electrons. The summed E-state index contributed by atoms with van der Waals surface area (Å²) in [5, 5.41) is 22.8. The van der Waals surface area contributed by atoms with Crippen LogP contribution < -0.4 is 14.8 Å². The molecule has 3 rings (SSSR count). The van der Waals surface area contributed by atoms with Gasteiger partial charge in [-0.15, -0.1) is 0 Å². The summed E-state index contributed by atoms with van der Waals surface area (Å²) in [4.78, 5) is 12.5. The number of hydrogen-bond donors (Lipinski definition) is 3. The third kappa shape index (κ3) is 3.78. The number of methoxy groups -OCH3 is 2. The fraction of sp³-hybridized carbons (Fsp3) is 0.150. The van der Waals surface area contributed by atoms with Gasteiger partial charge in [0, 0.05) is 16.8 Å². The van der Waals surface area contributed by atoms with Crippen LogP contribution in [0.5, 0.6) is 17.2 Å². The molecule has 27 heavy (non-hydrogen) atoms. The van der Waals surface area contributed by atoms with Gasteiger partial charge in [0.2, 0.25) is 5.75 Å². The zero-order chi connectivity index (χ0) is 19.6. The van der Waals surface area contributed by atoms with Crippen LogP contribution in [0.2, 0.25) is 0 Å². The fourth-order valence-corrected chi connectivity index (χ4v) is 2.71. The third-order valence-corrected chi connectivity index (χ3v) is 4.14. The van der Waals surface area contributed by atoms with Crippen LogP contribution in [-0.4, -0.2) is 36.4 Å². The summed E-state index contributed by atoms with van der Waals surface area (Å²) in [6, 6.07) is 6.97. The Balaban J connectivity index is 1.88. The van der Waals surface area contributed by atoms with Crippen molar-refractivity contribution in [3.63, 3.8) is 0 Å². The molecule has 1 atom stereocenters. The molecule has 3 N–H and O–H groups in total.